The first-order valence-corrected chi connectivity index (χ1v) is 8.83. The summed E-state index contributed by atoms with van der Waals surface area (Å²) in [6.07, 6.45) is 1.70. The molecule has 0 aliphatic carbocycles. The summed E-state index contributed by atoms with van der Waals surface area (Å²) in [6, 6.07) is 12.7. The lowest BCUT2D eigenvalue weighted by molar-refractivity contribution is -0.121. The second-order valence-electron chi connectivity index (χ2n) is 6.31. The Bertz CT molecular complexity index is 1010. The van der Waals surface area contributed by atoms with Crippen LogP contribution in [0.25, 0.3) is 10.9 Å². The van der Waals surface area contributed by atoms with E-state index in [-0.39, 0.29) is 30.5 Å². The van der Waals surface area contributed by atoms with Gasteiger partial charge in [-0.05, 0) is 43.2 Å². The molecular formula is C20H20ClN3O2. The number of carbonyl (C=O) groups excluding carboxylic acids is 1. The van der Waals surface area contributed by atoms with E-state index >= 15 is 0 Å². The zero-order valence-corrected chi connectivity index (χ0v) is 15.5. The van der Waals surface area contributed by atoms with Crippen LogP contribution in [0.2, 0.25) is 5.02 Å². The highest BCUT2D eigenvalue weighted by atomic mass is 35.5. The fourth-order valence-electron chi connectivity index (χ4n) is 2.89. The van der Waals surface area contributed by atoms with Crippen LogP contribution in [0.1, 0.15) is 30.5 Å². The Kier molecular flexibility index (Phi) is 5.38. The molecule has 134 valence electrons. The van der Waals surface area contributed by atoms with Crippen LogP contribution in [0, 0.1) is 6.92 Å². The minimum atomic E-state index is -0.157. The molecule has 6 heteroatoms. The molecule has 3 rings (SSSR count). The Balaban J connectivity index is 1.67. The fraction of sp³-hybridized carbons (Fsp3) is 0.250. The SMILES string of the molecule is Cc1cccc2c(=O)n(CCC(=O)NC(C)c3cccc(Cl)c3)cnc12. The van der Waals surface area contributed by atoms with Crippen molar-refractivity contribution in [1.82, 2.24) is 14.9 Å². The van der Waals surface area contributed by atoms with Gasteiger partial charge in [-0.3, -0.25) is 14.2 Å². The lowest BCUT2D eigenvalue weighted by Gasteiger charge is -2.15. The Labute approximate surface area is 156 Å². The van der Waals surface area contributed by atoms with Crippen molar-refractivity contribution in [3.05, 3.63) is 75.3 Å². The molecule has 1 N–H and O–H groups in total. The molecule has 0 aliphatic rings. The number of para-hydroxylation sites is 1. The molecule has 0 saturated carbocycles. The van der Waals surface area contributed by atoms with E-state index in [1.54, 1.807) is 12.1 Å². The van der Waals surface area contributed by atoms with E-state index in [4.69, 9.17) is 11.6 Å². The zero-order valence-electron chi connectivity index (χ0n) is 14.7. The maximum Gasteiger partial charge on any atom is 0.261 e. The summed E-state index contributed by atoms with van der Waals surface area (Å²) in [6.45, 7) is 4.10. The zero-order chi connectivity index (χ0) is 18.7. The molecule has 0 aliphatic heterocycles. The lowest BCUT2D eigenvalue weighted by Crippen LogP contribution is -2.29. The number of hydrogen-bond acceptors (Lipinski definition) is 3. The molecular weight excluding hydrogens is 350 g/mol. The Morgan fingerprint density at radius 3 is 2.81 bits per heavy atom. The third-order valence-electron chi connectivity index (χ3n) is 4.36. The van der Waals surface area contributed by atoms with Crippen LogP contribution in [0.5, 0.6) is 0 Å². The van der Waals surface area contributed by atoms with Crippen molar-refractivity contribution in [2.24, 2.45) is 0 Å². The maximum atomic E-state index is 12.6. The van der Waals surface area contributed by atoms with Gasteiger partial charge in [0.15, 0.2) is 0 Å². The number of rotatable bonds is 5. The monoisotopic (exact) mass is 369 g/mol. The number of amides is 1. The smallest absolute Gasteiger partial charge is 0.261 e. The van der Waals surface area contributed by atoms with Crippen molar-refractivity contribution in [2.75, 3.05) is 0 Å². The summed E-state index contributed by atoms with van der Waals surface area (Å²) in [5.74, 6) is -0.131. The van der Waals surface area contributed by atoms with Crippen LogP contribution in [0.15, 0.2) is 53.6 Å². The molecule has 0 spiro atoms. The maximum absolute atomic E-state index is 12.6. The predicted molar refractivity (Wildman–Crippen MR) is 103 cm³/mol. The second-order valence-corrected chi connectivity index (χ2v) is 6.74. The second kappa shape index (κ2) is 7.70. The third-order valence-corrected chi connectivity index (χ3v) is 4.60. The van der Waals surface area contributed by atoms with Crippen molar-refractivity contribution in [3.63, 3.8) is 0 Å². The molecule has 1 amide bonds. The number of fused-ring (bicyclic) bond motifs is 1. The summed E-state index contributed by atoms with van der Waals surface area (Å²) in [4.78, 5) is 29.1. The molecule has 2 aromatic carbocycles. The van der Waals surface area contributed by atoms with Gasteiger partial charge in [0.1, 0.15) is 0 Å². The van der Waals surface area contributed by atoms with Crippen LogP contribution in [-0.2, 0) is 11.3 Å². The molecule has 26 heavy (non-hydrogen) atoms. The number of benzene rings is 2. The number of nitrogens with zero attached hydrogens (tertiary/aromatic N) is 2. The molecule has 0 bridgehead atoms. The first-order valence-electron chi connectivity index (χ1n) is 8.45. The molecule has 1 heterocycles. The largest absolute Gasteiger partial charge is 0.350 e. The van der Waals surface area contributed by atoms with Gasteiger partial charge in [-0.15, -0.1) is 0 Å². The van der Waals surface area contributed by atoms with Crippen molar-refractivity contribution < 1.29 is 4.79 Å². The van der Waals surface area contributed by atoms with E-state index in [1.165, 1.54) is 10.9 Å². The fourth-order valence-corrected chi connectivity index (χ4v) is 3.09. The normalized spacial score (nSPS) is 12.1. The highest BCUT2D eigenvalue weighted by Gasteiger charge is 2.11. The highest BCUT2D eigenvalue weighted by Crippen LogP contribution is 2.17. The van der Waals surface area contributed by atoms with Gasteiger partial charge in [0, 0.05) is 18.0 Å². The van der Waals surface area contributed by atoms with E-state index < -0.39 is 0 Å². The Morgan fingerprint density at radius 2 is 2.04 bits per heavy atom. The van der Waals surface area contributed by atoms with Crippen LogP contribution in [0.3, 0.4) is 0 Å². The Morgan fingerprint density at radius 1 is 1.27 bits per heavy atom. The molecule has 1 aromatic heterocycles. The number of hydrogen-bond donors (Lipinski definition) is 1. The number of nitrogens with one attached hydrogen (secondary N) is 1. The van der Waals surface area contributed by atoms with Gasteiger partial charge in [-0.1, -0.05) is 35.9 Å². The van der Waals surface area contributed by atoms with Crippen molar-refractivity contribution in [2.45, 2.75) is 32.9 Å². The quantitative estimate of drug-likeness (QED) is 0.747. The summed E-state index contributed by atoms with van der Waals surface area (Å²) >= 11 is 5.99. The van der Waals surface area contributed by atoms with Gasteiger partial charge in [-0.25, -0.2) is 4.98 Å². The number of aromatic nitrogens is 2. The van der Waals surface area contributed by atoms with Crippen LogP contribution in [0.4, 0.5) is 0 Å². The average Bonchev–Trinajstić information content (AvgIpc) is 2.62. The van der Waals surface area contributed by atoms with E-state index in [0.29, 0.717) is 15.9 Å². The molecule has 0 saturated heterocycles. The van der Waals surface area contributed by atoms with E-state index in [9.17, 15) is 9.59 Å². The predicted octanol–water partition coefficient (Wildman–Crippen LogP) is 3.63. The van der Waals surface area contributed by atoms with E-state index in [0.717, 1.165) is 11.1 Å². The summed E-state index contributed by atoms with van der Waals surface area (Å²) < 4.78 is 1.48. The van der Waals surface area contributed by atoms with Crippen molar-refractivity contribution in [3.8, 4) is 0 Å². The molecule has 5 nitrogen and oxygen atoms in total. The highest BCUT2D eigenvalue weighted by molar-refractivity contribution is 6.30. The minimum absolute atomic E-state index is 0.130. The van der Waals surface area contributed by atoms with E-state index in [2.05, 4.69) is 10.3 Å². The van der Waals surface area contributed by atoms with Crippen LogP contribution >= 0.6 is 11.6 Å². The molecule has 0 radical (unpaired) electrons. The third kappa shape index (κ3) is 3.94. The topological polar surface area (TPSA) is 64.0 Å². The molecule has 0 fully saturated rings. The van der Waals surface area contributed by atoms with Gasteiger partial charge in [0.2, 0.25) is 5.91 Å². The first kappa shape index (κ1) is 18.1. The van der Waals surface area contributed by atoms with Crippen molar-refractivity contribution in [1.29, 1.82) is 0 Å². The van der Waals surface area contributed by atoms with Gasteiger partial charge >= 0.3 is 0 Å². The number of halogens is 1. The number of aryl methyl sites for hydroxylation is 2. The van der Waals surface area contributed by atoms with Gasteiger partial charge < -0.3 is 5.32 Å². The summed E-state index contributed by atoms with van der Waals surface area (Å²) in [5, 5.41) is 4.13. The van der Waals surface area contributed by atoms with Gasteiger partial charge in [0.05, 0.1) is 23.3 Å². The van der Waals surface area contributed by atoms with Crippen LogP contribution < -0.4 is 10.9 Å². The summed E-state index contributed by atoms with van der Waals surface area (Å²) in [5.41, 5.74) is 2.47. The molecule has 1 atom stereocenters. The van der Waals surface area contributed by atoms with Crippen molar-refractivity contribution >= 4 is 28.4 Å². The minimum Gasteiger partial charge on any atom is -0.350 e. The van der Waals surface area contributed by atoms with Gasteiger partial charge in [0.25, 0.3) is 5.56 Å². The standard InChI is InChI=1S/C20H20ClN3O2/c1-13-5-3-8-17-19(13)22-12-24(20(17)26)10-9-18(25)23-14(2)15-6-4-7-16(21)11-15/h3-8,11-12,14H,9-10H2,1-2H3,(H,23,25). The van der Waals surface area contributed by atoms with Gasteiger partial charge in [-0.2, -0.15) is 0 Å². The average molecular weight is 370 g/mol. The lowest BCUT2D eigenvalue weighted by atomic mass is 10.1. The Hall–Kier alpha value is -2.66. The van der Waals surface area contributed by atoms with Crippen LogP contribution in [-0.4, -0.2) is 15.5 Å². The molecule has 3 aromatic rings. The first-order chi connectivity index (χ1) is 12.5. The number of carbonyl (C=O) groups is 1. The summed E-state index contributed by atoms with van der Waals surface area (Å²) in [7, 11) is 0. The van der Waals surface area contributed by atoms with E-state index in [1.807, 2.05) is 44.2 Å². The molecule has 1 unspecified atom stereocenters.